The third-order valence-corrected chi connectivity index (χ3v) is 5.34. The SMILES string of the molecule is CCC(=O)[C@H]1C[C@H]2[C@@H](C=C1OC)C(=O)[C@@]2(CSC)OC. The van der Waals surface area contributed by atoms with Crippen molar-refractivity contribution in [2.45, 2.75) is 25.4 Å². The lowest BCUT2D eigenvalue weighted by molar-refractivity contribution is -0.178. The van der Waals surface area contributed by atoms with Crippen molar-refractivity contribution in [2.24, 2.45) is 17.8 Å². The molecule has 0 aromatic carbocycles. The lowest BCUT2D eigenvalue weighted by atomic mass is 9.55. The van der Waals surface area contributed by atoms with Crippen molar-refractivity contribution in [3.05, 3.63) is 11.8 Å². The Morgan fingerprint density at radius 2 is 2.20 bits per heavy atom. The molecule has 0 spiro atoms. The molecule has 0 radical (unpaired) electrons. The van der Waals surface area contributed by atoms with E-state index in [1.807, 2.05) is 19.3 Å². The first-order valence-electron chi connectivity index (χ1n) is 6.92. The Balaban J connectivity index is 2.30. The van der Waals surface area contributed by atoms with Gasteiger partial charge in [0.25, 0.3) is 0 Å². The second-order valence-electron chi connectivity index (χ2n) is 5.40. The van der Waals surface area contributed by atoms with Crippen LogP contribution < -0.4 is 0 Å². The number of Topliss-reactive ketones (excluding diaryl/α,β-unsaturated/α-hetero) is 2. The summed E-state index contributed by atoms with van der Waals surface area (Å²) < 4.78 is 10.9. The molecule has 1 fully saturated rings. The highest BCUT2D eigenvalue weighted by molar-refractivity contribution is 7.98. The smallest absolute Gasteiger partial charge is 0.173 e. The summed E-state index contributed by atoms with van der Waals surface area (Å²) in [6, 6.07) is 0. The zero-order chi connectivity index (χ0) is 14.9. The van der Waals surface area contributed by atoms with Crippen LogP contribution in [0.3, 0.4) is 0 Å². The number of carbonyl (C=O) groups is 2. The van der Waals surface area contributed by atoms with E-state index < -0.39 is 5.60 Å². The second-order valence-corrected chi connectivity index (χ2v) is 6.27. The van der Waals surface area contributed by atoms with Crippen LogP contribution in [0.4, 0.5) is 0 Å². The molecule has 4 nitrogen and oxygen atoms in total. The molecule has 5 heteroatoms. The van der Waals surface area contributed by atoms with E-state index in [9.17, 15) is 9.59 Å². The predicted molar refractivity (Wildman–Crippen MR) is 78.6 cm³/mol. The summed E-state index contributed by atoms with van der Waals surface area (Å²) in [5, 5.41) is 0. The molecule has 0 heterocycles. The molecule has 1 saturated carbocycles. The quantitative estimate of drug-likeness (QED) is 0.751. The van der Waals surface area contributed by atoms with Gasteiger partial charge >= 0.3 is 0 Å². The first-order chi connectivity index (χ1) is 9.55. The van der Waals surface area contributed by atoms with Crippen molar-refractivity contribution in [2.75, 3.05) is 26.2 Å². The summed E-state index contributed by atoms with van der Waals surface area (Å²) in [5.74, 6) is 1.30. The lowest BCUT2D eigenvalue weighted by Gasteiger charge is -2.54. The summed E-state index contributed by atoms with van der Waals surface area (Å²) >= 11 is 1.61. The fourth-order valence-corrected chi connectivity index (χ4v) is 4.39. The molecule has 0 aromatic heterocycles. The zero-order valence-corrected chi connectivity index (χ0v) is 13.3. The van der Waals surface area contributed by atoms with E-state index in [0.717, 1.165) is 0 Å². The lowest BCUT2D eigenvalue weighted by Crippen LogP contribution is -2.67. The van der Waals surface area contributed by atoms with Gasteiger partial charge in [0, 0.05) is 31.1 Å². The molecule has 20 heavy (non-hydrogen) atoms. The number of rotatable bonds is 6. The number of methoxy groups -OCH3 is 2. The highest BCUT2D eigenvalue weighted by Crippen LogP contribution is 2.52. The Morgan fingerprint density at radius 1 is 1.50 bits per heavy atom. The average molecular weight is 298 g/mol. The fourth-order valence-electron chi connectivity index (χ4n) is 3.48. The molecule has 0 aromatic rings. The zero-order valence-electron chi connectivity index (χ0n) is 12.5. The first-order valence-corrected chi connectivity index (χ1v) is 8.31. The topological polar surface area (TPSA) is 52.6 Å². The summed E-state index contributed by atoms with van der Waals surface area (Å²) in [6.07, 6.45) is 4.94. The monoisotopic (exact) mass is 298 g/mol. The molecule has 0 unspecified atom stereocenters. The van der Waals surface area contributed by atoms with E-state index in [4.69, 9.17) is 9.47 Å². The van der Waals surface area contributed by atoms with Gasteiger partial charge in [-0.2, -0.15) is 11.8 Å². The van der Waals surface area contributed by atoms with Gasteiger partial charge in [0.2, 0.25) is 0 Å². The molecular weight excluding hydrogens is 276 g/mol. The normalized spacial score (nSPS) is 35.9. The van der Waals surface area contributed by atoms with Gasteiger partial charge in [-0.05, 0) is 18.8 Å². The summed E-state index contributed by atoms with van der Waals surface area (Å²) in [6.45, 7) is 1.86. The Hall–Kier alpha value is -0.810. The number of ketones is 2. The molecule has 2 rings (SSSR count). The Labute approximate surface area is 124 Å². The molecule has 0 saturated heterocycles. The predicted octanol–water partition coefficient (Wildman–Crippen LogP) is 2.08. The van der Waals surface area contributed by atoms with Gasteiger partial charge < -0.3 is 9.47 Å². The van der Waals surface area contributed by atoms with Crippen molar-refractivity contribution in [3.8, 4) is 0 Å². The molecular formula is C15H22O4S. The largest absolute Gasteiger partial charge is 0.501 e. The number of allylic oxidation sites excluding steroid dienone is 2. The van der Waals surface area contributed by atoms with E-state index in [-0.39, 0.29) is 29.3 Å². The van der Waals surface area contributed by atoms with Gasteiger partial charge in [-0.3, -0.25) is 9.59 Å². The van der Waals surface area contributed by atoms with Crippen LogP contribution in [0.2, 0.25) is 0 Å². The maximum absolute atomic E-state index is 12.4. The van der Waals surface area contributed by atoms with Crippen molar-refractivity contribution < 1.29 is 19.1 Å². The maximum atomic E-state index is 12.4. The molecule has 0 bridgehead atoms. The Bertz CT molecular complexity index is 445. The standard InChI is InChI=1S/C15H22O4S/c1-5-12(16)10-6-11-9(7-13(10)18-2)14(17)15(11,19-3)8-20-4/h7,9-11H,5-6,8H2,1-4H3/t9-,10-,11+,15+/m1/s1. The van der Waals surface area contributed by atoms with Crippen LogP contribution in [-0.4, -0.2) is 43.4 Å². The highest BCUT2D eigenvalue weighted by Gasteiger charge is 2.63. The van der Waals surface area contributed by atoms with Crippen LogP contribution in [0.15, 0.2) is 11.8 Å². The summed E-state index contributed by atoms with van der Waals surface area (Å²) in [5.41, 5.74) is -0.716. The third kappa shape index (κ3) is 2.11. The second kappa shape index (κ2) is 5.90. The van der Waals surface area contributed by atoms with Gasteiger partial charge in [-0.1, -0.05) is 6.92 Å². The van der Waals surface area contributed by atoms with E-state index in [1.54, 1.807) is 26.0 Å². The van der Waals surface area contributed by atoms with Crippen molar-refractivity contribution >= 4 is 23.3 Å². The number of ether oxygens (including phenoxy) is 2. The number of thioether (sulfide) groups is 1. The highest BCUT2D eigenvalue weighted by atomic mass is 32.2. The number of fused-ring (bicyclic) bond motifs is 1. The van der Waals surface area contributed by atoms with Crippen molar-refractivity contribution in [1.82, 2.24) is 0 Å². The van der Waals surface area contributed by atoms with Crippen molar-refractivity contribution in [3.63, 3.8) is 0 Å². The minimum absolute atomic E-state index is 0.0897. The minimum atomic E-state index is -0.716. The van der Waals surface area contributed by atoms with Gasteiger partial charge in [0.15, 0.2) is 5.78 Å². The first kappa shape index (κ1) is 15.6. The van der Waals surface area contributed by atoms with Gasteiger partial charge in [0.05, 0.1) is 13.0 Å². The fraction of sp³-hybridized carbons (Fsp3) is 0.733. The van der Waals surface area contributed by atoms with E-state index >= 15 is 0 Å². The third-order valence-electron chi connectivity index (χ3n) is 4.63. The van der Waals surface area contributed by atoms with E-state index in [2.05, 4.69) is 0 Å². The molecule has 2 aliphatic rings. The summed E-state index contributed by atoms with van der Waals surface area (Å²) in [4.78, 5) is 24.5. The Kier molecular flexibility index (Phi) is 4.59. The van der Waals surface area contributed by atoms with Crippen molar-refractivity contribution in [1.29, 1.82) is 0 Å². The van der Waals surface area contributed by atoms with Gasteiger partial charge in [-0.25, -0.2) is 0 Å². The van der Waals surface area contributed by atoms with Gasteiger partial charge in [0.1, 0.15) is 17.1 Å². The van der Waals surface area contributed by atoms with E-state index in [0.29, 0.717) is 24.4 Å². The number of carbonyl (C=O) groups excluding carboxylic acids is 2. The molecule has 0 aliphatic heterocycles. The molecule has 2 aliphatic carbocycles. The molecule has 112 valence electrons. The Morgan fingerprint density at radius 3 is 2.70 bits per heavy atom. The molecule has 4 atom stereocenters. The van der Waals surface area contributed by atoms with Crippen LogP contribution in [0, 0.1) is 17.8 Å². The maximum Gasteiger partial charge on any atom is 0.173 e. The molecule has 0 amide bonds. The number of hydrogen-bond donors (Lipinski definition) is 0. The van der Waals surface area contributed by atoms with Crippen LogP contribution in [-0.2, 0) is 19.1 Å². The van der Waals surface area contributed by atoms with Crippen LogP contribution in [0.25, 0.3) is 0 Å². The van der Waals surface area contributed by atoms with Crippen LogP contribution >= 0.6 is 11.8 Å². The summed E-state index contributed by atoms with van der Waals surface area (Å²) in [7, 11) is 3.16. The average Bonchev–Trinajstić information content (AvgIpc) is 2.49. The minimum Gasteiger partial charge on any atom is -0.501 e. The van der Waals surface area contributed by atoms with Crippen LogP contribution in [0.5, 0.6) is 0 Å². The number of hydrogen-bond acceptors (Lipinski definition) is 5. The van der Waals surface area contributed by atoms with E-state index in [1.165, 1.54) is 0 Å². The van der Waals surface area contributed by atoms with Crippen LogP contribution in [0.1, 0.15) is 19.8 Å². The molecule has 0 N–H and O–H groups in total. The van der Waals surface area contributed by atoms with Gasteiger partial charge in [-0.15, -0.1) is 0 Å².